The molecule has 1 aliphatic carbocycles. The molecule has 0 bridgehead atoms. The second-order valence-corrected chi connectivity index (χ2v) is 4.45. The Kier molecular flexibility index (Phi) is 3.36. The lowest BCUT2D eigenvalue weighted by Gasteiger charge is -2.16. The highest BCUT2D eigenvalue weighted by molar-refractivity contribution is 5.04. The zero-order chi connectivity index (χ0) is 10.7. The van der Waals surface area contributed by atoms with E-state index in [0.29, 0.717) is 5.92 Å². The highest BCUT2D eigenvalue weighted by Gasteiger charge is 2.23. The van der Waals surface area contributed by atoms with Crippen LogP contribution in [0.3, 0.4) is 0 Å². The fourth-order valence-corrected chi connectivity index (χ4v) is 2.34. The van der Waals surface area contributed by atoms with Crippen molar-refractivity contribution in [2.45, 2.75) is 51.6 Å². The molecule has 0 spiro atoms. The van der Waals surface area contributed by atoms with Gasteiger partial charge in [-0.2, -0.15) is 0 Å². The normalized spacial score (nSPS) is 19.6. The van der Waals surface area contributed by atoms with Crippen molar-refractivity contribution in [3.63, 3.8) is 0 Å². The lowest BCUT2D eigenvalue weighted by molar-refractivity contribution is 0.102. The minimum atomic E-state index is -0.177. The first kappa shape index (κ1) is 10.6. The lowest BCUT2D eigenvalue weighted by Crippen LogP contribution is -2.18. The smallest absolute Gasteiger partial charge is 0.108 e. The molecule has 0 saturated heterocycles. The van der Waals surface area contributed by atoms with E-state index in [0.717, 1.165) is 24.2 Å². The van der Waals surface area contributed by atoms with Crippen LogP contribution in [-0.4, -0.2) is 21.5 Å². The monoisotopic (exact) mass is 210 g/mol. The average molecular weight is 210 g/mol. The molecule has 1 heterocycles. The van der Waals surface area contributed by atoms with Gasteiger partial charge in [-0.3, -0.25) is 0 Å². The standard InChI is InChI=1S/C11H18N2O2/c1-8-10(13-15-12-8)6-7-11(14)9-4-2-3-5-9/h9,11,14H,2-7H2,1H3. The number of rotatable bonds is 4. The van der Waals surface area contributed by atoms with Crippen LogP contribution in [-0.2, 0) is 6.42 Å². The van der Waals surface area contributed by atoms with Crippen LogP contribution in [0.15, 0.2) is 4.63 Å². The summed E-state index contributed by atoms with van der Waals surface area (Å²) in [6.45, 7) is 1.88. The van der Waals surface area contributed by atoms with E-state index in [1.54, 1.807) is 0 Å². The molecular formula is C11H18N2O2. The quantitative estimate of drug-likeness (QED) is 0.824. The SMILES string of the molecule is Cc1nonc1CCC(O)C1CCCC1. The fraction of sp³-hybridized carbons (Fsp3) is 0.818. The van der Waals surface area contributed by atoms with Crippen molar-refractivity contribution in [3.05, 3.63) is 11.4 Å². The lowest BCUT2D eigenvalue weighted by atomic mass is 9.96. The maximum Gasteiger partial charge on any atom is 0.108 e. The van der Waals surface area contributed by atoms with Gasteiger partial charge in [-0.15, -0.1) is 0 Å². The summed E-state index contributed by atoms with van der Waals surface area (Å²) >= 11 is 0. The Hall–Kier alpha value is -0.900. The number of aryl methyl sites for hydroxylation is 2. The first-order chi connectivity index (χ1) is 7.27. The first-order valence-corrected chi connectivity index (χ1v) is 5.73. The van der Waals surface area contributed by atoms with Gasteiger partial charge in [0.1, 0.15) is 11.4 Å². The predicted octanol–water partition coefficient (Wildman–Crippen LogP) is 1.86. The molecule has 4 nitrogen and oxygen atoms in total. The Labute approximate surface area is 89.6 Å². The molecule has 0 amide bonds. The molecular weight excluding hydrogens is 192 g/mol. The number of nitrogens with zero attached hydrogens (tertiary/aromatic N) is 2. The third kappa shape index (κ3) is 2.56. The molecule has 0 radical (unpaired) electrons. The van der Waals surface area contributed by atoms with Crippen LogP contribution in [0.2, 0.25) is 0 Å². The molecule has 15 heavy (non-hydrogen) atoms. The van der Waals surface area contributed by atoms with E-state index >= 15 is 0 Å². The van der Waals surface area contributed by atoms with Gasteiger partial charge in [-0.1, -0.05) is 23.2 Å². The molecule has 0 aromatic carbocycles. The van der Waals surface area contributed by atoms with Crippen molar-refractivity contribution in [3.8, 4) is 0 Å². The van der Waals surface area contributed by atoms with Gasteiger partial charge in [0.25, 0.3) is 0 Å². The largest absolute Gasteiger partial charge is 0.393 e. The van der Waals surface area contributed by atoms with Gasteiger partial charge in [0.2, 0.25) is 0 Å². The number of hydrogen-bond donors (Lipinski definition) is 1. The van der Waals surface area contributed by atoms with Crippen LogP contribution in [0.25, 0.3) is 0 Å². The number of aromatic nitrogens is 2. The van der Waals surface area contributed by atoms with E-state index in [4.69, 9.17) is 0 Å². The Morgan fingerprint density at radius 1 is 1.40 bits per heavy atom. The van der Waals surface area contributed by atoms with Crippen molar-refractivity contribution in [2.24, 2.45) is 5.92 Å². The van der Waals surface area contributed by atoms with Crippen LogP contribution in [0.5, 0.6) is 0 Å². The van der Waals surface area contributed by atoms with E-state index < -0.39 is 0 Å². The summed E-state index contributed by atoms with van der Waals surface area (Å²) in [5.74, 6) is 0.505. The second-order valence-electron chi connectivity index (χ2n) is 4.45. The molecule has 1 aliphatic rings. The summed E-state index contributed by atoms with van der Waals surface area (Å²) in [7, 11) is 0. The molecule has 1 aromatic rings. The van der Waals surface area contributed by atoms with Crippen molar-refractivity contribution in [1.82, 2.24) is 10.3 Å². The summed E-state index contributed by atoms with van der Waals surface area (Å²) in [6, 6.07) is 0. The number of hydrogen-bond acceptors (Lipinski definition) is 4. The summed E-state index contributed by atoms with van der Waals surface area (Å²) in [4.78, 5) is 0. The van der Waals surface area contributed by atoms with E-state index in [1.807, 2.05) is 6.92 Å². The van der Waals surface area contributed by atoms with Gasteiger partial charge in [0, 0.05) is 0 Å². The average Bonchev–Trinajstić information content (AvgIpc) is 2.85. The zero-order valence-electron chi connectivity index (χ0n) is 9.15. The molecule has 4 heteroatoms. The van der Waals surface area contributed by atoms with Crippen molar-refractivity contribution >= 4 is 0 Å². The van der Waals surface area contributed by atoms with Gasteiger partial charge >= 0.3 is 0 Å². The second kappa shape index (κ2) is 4.75. The van der Waals surface area contributed by atoms with Crippen LogP contribution in [0, 0.1) is 12.8 Å². The van der Waals surface area contributed by atoms with Crippen LogP contribution < -0.4 is 0 Å². The van der Waals surface area contributed by atoms with Crippen LogP contribution in [0.1, 0.15) is 43.5 Å². The highest BCUT2D eigenvalue weighted by atomic mass is 16.6. The molecule has 1 aromatic heterocycles. The maximum absolute atomic E-state index is 9.96. The van der Waals surface area contributed by atoms with E-state index in [1.165, 1.54) is 25.7 Å². The molecule has 1 saturated carbocycles. The van der Waals surface area contributed by atoms with E-state index in [9.17, 15) is 5.11 Å². The molecule has 1 fully saturated rings. The third-order valence-corrected chi connectivity index (χ3v) is 3.37. The van der Waals surface area contributed by atoms with Crippen molar-refractivity contribution < 1.29 is 9.74 Å². The Morgan fingerprint density at radius 2 is 2.13 bits per heavy atom. The molecule has 84 valence electrons. The summed E-state index contributed by atoms with van der Waals surface area (Å²) in [5, 5.41) is 17.5. The zero-order valence-corrected chi connectivity index (χ0v) is 9.15. The maximum atomic E-state index is 9.96. The van der Waals surface area contributed by atoms with Crippen molar-refractivity contribution in [1.29, 1.82) is 0 Å². The molecule has 1 N–H and O–H groups in total. The fourth-order valence-electron chi connectivity index (χ4n) is 2.34. The molecule has 1 unspecified atom stereocenters. The van der Waals surface area contributed by atoms with E-state index in [-0.39, 0.29) is 6.10 Å². The Morgan fingerprint density at radius 3 is 2.73 bits per heavy atom. The number of aliphatic hydroxyl groups is 1. The Balaban J connectivity index is 1.80. The van der Waals surface area contributed by atoms with Gasteiger partial charge < -0.3 is 5.11 Å². The van der Waals surface area contributed by atoms with Crippen molar-refractivity contribution in [2.75, 3.05) is 0 Å². The van der Waals surface area contributed by atoms with Gasteiger partial charge in [0.05, 0.1) is 6.10 Å². The van der Waals surface area contributed by atoms with Crippen LogP contribution >= 0.6 is 0 Å². The molecule has 2 rings (SSSR count). The first-order valence-electron chi connectivity index (χ1n) is 5.73. The van der Waals surface area contributed by atoms with Gasteiger partial charge in [-0.25, -0.2) is 4.63 Å². The predicted molar refractivity (Wildman–Crippen MR) is 55.3 cm³/mol. The highest BCUT2D eigenvalue weighted by Crippen LogP contribution is 2.29. The third-order valence-electron chi connectivity index (χ3n) is 3.37. The minimum Gasteiger partial charge on any atom is -0.393 e. The Bertz CT molecular complexity index is 305. The summed E-state index contributed by atoms with van der Waals surface area (Å²) in [5.41, 5.74) is 1.72. The summed E-state index contributed by atoms with van der Waals surface area (Å²) < 4.78 is 4.62. The van der Waals surface area contributed by atoms with Gasteiger partial charge in [-0.05, 0) is 38.5 Å². The molecule has 1 atom stereocenters. The molecule has 0 aliphatic heterocycles. The van der Waals surface area contributed by atoms with Crippen LogP contribution in [0.4, 0.5) is 0 Å². The summed E-state index contributed by atoms with van der Waals surface area (Å²) in [6.07, 6.45) is 6.27. The number of aliphatic hydroxyl groups excluding tert-OH is 1. The topological polar surface area (TPSA) is 59.2 Å². The van der Waals surface area contributed by atoms with Gasteiger partial charge in [0.15, 0.2) is 0 Å². The minimum absolute atomic E-state index is 0.177. The van der Waals surface area contributed by atoms with E-state index in [2.05, 4.69) is 14.9 Å².